The first-order valence-electron chi connectivity index (χ1n) is 7.81. The summed E-state index contributed by atoms with van der Waals surface area (Å²) >= 11 is 1.80. The number of aryl methyl sites for hydroxylation is 2. The molecule has 0 saturated carbocycles. The molecule has 0 aliphatic rings. The minimum absolute atomic E-state index is 0.137. The van der Waals surface area contributed by atoms with E-state index >= 15 is 0 Å². The van der Waals surface area contributed by atoms with Gasteiger partial charge in [-0.3, -0.25) is 0 Å². The lowest BCUT2D eigenvalue weighted by Crippen LogP contribution is -2.02. The predicted molar refractivity (Wildman–Crippen MR) is 92.9 cm³/mol. The number of rotatable bonds is 9. The van der Waals surface area contributed by atoms with Gasteiger partial charge in [-0.25, -0.2) is 4.79 Å². The highest BCUT2D eigenvalue weighted by molar-refractivity contribution is 7.98. The largest absolute Gasteiger partial charge is 0.493 e. The topological polar surface area (TPSA) is 57.9 Å². The number of benzene rings is 1. The molecule has 1 heterocycles. The van der Waals surface area contributed by atoms with E-state index in [1.54, 1.807) is 18.0 Å². The SMILES string of the molecule is CCc1ccc(OCCCSCc2c[nH]c(=O)[nH]2)c(CC)c1. The maximum atomic E-state index is 10.9. The van der Waals surface area contributed by atoms with Crippen LogP contribution in [0, 0.1) is 0 Å². The molecule has 1 aromatic carbocycles. The molecule has 2 aromatic rings. The second-order valence-electron chi connectivity index (χ2n) is 5.17. The number of hydrogen-bond acceptors (Lipinski definition) is 3. The summed E-state index contributed by atoms with van der Waals surface area (Å²) in [5, 5.41) is 0. The summed E-state index contributed by atoms with van der Waals surface area (Å²) < 4.78 is 5.91. The molecule has 1 aromatic heterocycles. The maximum absolute atomic E-state index is 10.9. The Kier molecular flexibility index (Phi) is 6.65. The Morgan fingerprint density at radius 1 is 1.23 bits per heavy atom. The van der Waals surface area contributed by atoms with E-state index in [-0.39, 0.29) is 5.69 Å². The minimum Gasteiger partial charge on any atom is -0.493 e. The number of hydrogen-bond donors (Lipinski definition) is 2. The second-order valence-corrected chi connectivity index (χ2v) is 6.28. The Morgan fingerprint density at radius 2 is 2.09 bits per heavy atom. The van der Waals surface area contributed by atoms with Gasteiger partial charge >= 0.3 is 5.69 Å². The number of thioether (sulfide) groups is 1. The summed E-state index contributed by atoms with van der Waals surface area (Å²) in [6, 6.07) is 6.48. The zero-order valence-electron chi connectivity index (χ0n) is 13.3. The third kappa shape index (κ3) is 4.98. The Bertz CT molecular complexity index is 634. The van der Waals surface area contributed by atoms with Crippen LogP contribution in [0.4, 0.5) is 0 Å². The van der Waals surface area contributed by atoms with Gasteiger partial charge in [0, 0.05) is 17.6 Å². The first-order chi connectivity index (χ1) is 10.7. The quantitative estimate of drug-likeness (QED) is 0.695. The summed E-state index contributed by atoms with van der Waals surface area (Å²) in [6.07, 6.45) is 4.79. The molecule has 0 fully saturated rings. The Morgan fingerprint density at radius 3 is 2.77 bits per heavy atom. The number of H-pyrrole nitrogens is 2. The Balaban J connectivity index is 1.69. The van der Waals surface area contributed by atoms with Crippen LogP contribution in [0.2, 0.25) is 0 Å². The monoisotopic (exact) mass is 320 g/mol. The van der Waals surface area contributed by atoms with Crippen LogP contribution < -0.4 is 10.4 Å². The van der Waals surface area contributed by atoms with Gasteiger partial charge in [0.2, 0.25) is 0 Å². The Labute approximate surface area is 135 Å². The molecular weight excluding hydrogens is 296 g/mol. The molecule has 4 nitrogen and oxygen atoms in total. The molecule has 0 radical (unpaired) electrons. The second kappa shape index (κ2) is 8.73. The zero-order valence-corrected chi connectivity index (χ0v) is 14.1. The van der Waals surface area contributed by atoms with Crippen molar-refractivity contribution < 1.29 is 4.74 Å². The van der Waals surface area contributed by atoms with Crippen LogP contribution in [0.25, 0.3) is 0 Å². The average molecular weight is 320 g/mol. The van der Waals surface area contributed by atoms with Crippen LogP contribution >= 0.6 is 11.8 Å². The highest BCUT2D eigenvalue weighted by atomic mass is 32.2. The van der Waals surface area contributed by atoms with Gasteiger partial charge in [0.1, 0.15) is 5.75 Å². The third-order valence-electron chi connectivity index (χ3n) is 3.51. The number of aromatic amines is 2. The Hall–Kier alpha value is -1.62. The van der Waals surface area contributed by atoms with E-state index in [9.17, 15) is 4.79 Å². The predicted octanol–water partition coefficient (Wildman–Crippen LogP) is 3.53. The van der Waals surface area contributed by atoms with E-state index in [0.29, 0.717) is 0 Å². The van der Waals surface area contributed by atoms with Gasteiger partial charge in [-0.2, -0.15) is 11.8 Å². The first-order valence-corrected chi connectivity index (χ1v) is 8.97. The van der Waals surface area contributed by atoms with Crippen LogP contribution in [0.15, 0.2) is 29.2 Å². The normalized spacial score (nSPS) is 10.8. The van der Waals surface area contributed by atoms with Crippen LogP contribution in [0.5, 0.6) is 5.75 Å². The summed E-state index contributed by atoms with van der Waals surface area (Å²) in [5.74, 6) is 2.85. The van der Waals surface area contributed by atoms with Gasteiger partial charge in [-0.15, -0.1) is 0 Å². The zero-order chi connectivity index (χ0) is 15.8. The fourth-order valence-corrected chi connectivity index (χ4v) is 3.09. The molecule has 2 N–H and O–H groups in total. The maximum Gasteiger partial charge on any atom is 0.323 e. The number of nitrogens with one attached hydrogen (secondary N) is 2. The van der Waals surface area contributed by atoms with Gasteiger partial charge in [0.15, 0.2) is 0 Å². The molecule has 0 unspecified atom stereocenters. The van der Waals surface area contributed by atoms with Crippen molar-refractivity contribution in [3.05, 3.63) is 51.7 Å². The van der Waals surface area contributed by atoms with Crippen molar-refractivity contribution in [3.8, 4) is 5.75 Å². The smallest absolute Gasteiger partial charge is 0.323 e. The van der Waals surface area contributed by atoms with Gasteiger partial charge in [-0.1, -0.05) is 26.0 Å². The summed E-state index contributed by atoms with van der Waals surface area (Å²) in [6.45, 7) is 5.06. The molecule has 120 valence electrons. The summed E-state index contributed by atoms with van der Waals surface area (Å²) in [7, 11) is 0. The van der Waals surface area contributed by atoms with Gasteiger partial charge in [0.05, 0.1) is 6.61 Å². The highest BCUT2D eigenvalue weighted by Gasteiger charge is 2.03. The molecule has 0 saturated heterocycles. The van der Waals surface area contributed by atoms with Crippen molar-refractivity contribution in [1.82, 2.24) is 9.97 Å². The van der Waals surface area contributed by atoms with Crippen molar-refractivity contribution in [2.45, 2.75) is 38.9 Å². The number of aromatic nitrogens is 2. The standard InChI is InChI=1S/C17H24N2O2S/c1-3-13-6-7-16(14(4-2)10-13)21-8-5-9-22-12-15-11-18-17(20)19-15/h6-7,10-11H,3-5,8-9,12H2,1-2H3,(H2,18,19,20). The van der Waals surface area contributed by atoms with E-state index < -0.39 is 0 Å². The van der Waals surface area contributed by atoms with E-state index in [4.69, 9.17) is 4.74 Å². The fraction of sp³-hybridized carbons (Fsp3) is 0.471. The molecule has 2 rings (SSSR count). The lowest BCUT2D eigenvalue weighted by atomic mass is 10.1. The first kappa shape index (κ1) is 16.7. The van der Waals surface area contributed by atoms with Gasteiger partial charge in [0.25, 0.3) is 0 Å². The molecular formula is C17H24N2O2S. The van der Waals surface area contributed by atoms with E-state index in [1.165, 1.54) is 11.1 Å². The van der Waals surface area contributed by atoms with E-state index in [1.807, 2.05) is 0 Å². The van der Waals surface area contributed by atoms with E-state index in [0.717, 1.165) is 48.8 Å². The van der Waals surface area contributed by atoms with Gasteiger partial charge < -0.3 is 14.7 Å². The molecule has 0 aliphatic carbocycles. The molecule has 0 aliphatic heterocycles. The molecule has 0 atom stereocenters. The van der Waals surface area contributed by atoms with Crippen molar-refractivity contribution in [1.29, 1.82) is 0 Å². The molecule has 5 heteroatoms. The van der Waals surface area contributed by atoms with Crippen LogP contribution in [-0.4, -0.2) is 22.3 Å². The van der Waals surface area contributed by atoms with Crippen molar-refractivity contribution in [3.63, 3.8) is 0 Å². The van der Waals surface area contributed by atoms with Crippen molar-refractivity contribution in [2.75, 3.05) is 12.4 Å². The summed E-state index contributed by atoms with van der Waals surface area (Å²) in [4.78, 5) is 16.3. The fourth-order valence-electron chi connectivity index (χ4n) is 2.24. The lowest BCUT2D eigenvalue weighted by molar-refractivity contribution is 0.315. The van der Waals surface area contributed by atoms with Gasteiger partial charge in [-0.05, 0) is 42.2 Å². The number of ether oxygens (including phenoxy) is 1. The molecule has 0 bridgehead atoms. The van der Waals surface area contributed by atoms with Crippen LogP contribution in [0.1, 0.15) is 37.1 Å². The molecule has 0 amide bonds. The molecule has 0 spiro atoms. The molecule has 22 heavy (non-hydrogen) atoms. The van der Waals surface area contributed by atoms with E-state index in [2.05, 4.69) is 42.0 Å². The minimum atomic E-state index is -0.137. The summed E-state index contributed by atoms with van der Waals surface area (Å²) in [5.41, 5.74) is 3.46. The number of imidazole rings is 1. The van der Waals surface area contributed by atoms with Crippen LogP contribution in [0.3, 0.4) is 0 Å². The van der Waals surface area contributed by atoms with Crippen LogP contribution in [-0.2, 0) is 18.6 Å². The van der Waals surface area contributed by atoms with Crippen molar-refractivity contribution >= 4 is 11.8 Å². The van der Waals surface area contributed by atoms with Crippen molar-refractivity contribution in [2.24, 2.45) is 0 Å². The highest BCUT2D eigenvalue weighted by Crippen LogP contribution is 2.21. The lowest BCUT2D eigenvalue weighted by Gasteiger charge is -2.11. The third-order valence-corrected chi connectivity index (χ3v) is 4.61. The average Bonchev–Trinajstić information content (AvgIpc) is 2.96.